The molecule has 0 radical (unpaired) electrons. The van der Waals surface area contributed by atoms with Gasteiger partial charge in [-0.25, -0.2) is 0 Å². The fourth-order valence-corrected chi connectivity index (χ4v) is 3.40. The van der Waals surface area contributed by atoms with Crippen molar-refractivity contribution >= 4 is 5.91 Å². The minimum Gasteiger partial charge on any atom is -0.354 e. The Labute approximate surface area is 114 Å². The molecule has 0 spiro atoms. The second-order valence-corrected chi connectivity index (χ2v) is 5.89. The molecule has 0 bridgehead atoms. The third kappa shape index (κ3) is 2.27. The van der Waals surface area contributed by atoms with Crippen LogP contribution in [-0.2, 0) is 11.2 Å². The largest absolute Gasteiger partial charge is 0.354 e. The van der Waals surface area contributed by atoms with Gasteiger partial charge in [0.1, 0.15) is 0 Å². The van der Waals surface area contributed by atoms with Crippen LogP contribution in [0, 0.1) is 11.8 Å². The predicted molar refractivity (Wildman–Crippen MR) is 76.0 cm³/mol. The van der Waals surface area contributed by atoms with Crippen LogP contribution in [0.25, 0.3) is 0 Å². The maximum atomic E-state index is 12.3. The molecule has 102 valence electrons. The van der Waals surface area contributed by atoms with E-state index in [1.54, 1.807) is 0 Å². The lowest BCUT2D eigenvalue weighted by molar-refractivity contribution is -0.122. The molecule has 3 rings (SSSR count). The summed E-state index contributed by atoms with van der Waals surface area (Å²) < 4.78 is 0. The van der Waals surface area contributed by atoms with Crippen molar-refractivity contribution in [1.82, 2.24) is 10.6 Å². The van der Waals surface area contributed by atoms with Gasteiger partial charge in [0.2, 0.25) is 5.91 Å². The first-order valence-electron chi connectivity index (χ1n) is 7.25. The summed E-state index contributed by atoms with van der Waals surface area (Å²) >= 11 is 0. The number of carbonyl (C=O) groups is 1. The van der Waals surface area contributed by atoms with E-state index in [0.717, 1.165) is 6.42 Å². The van der Waals surface area contributed by atoms with Gasteiger partial charge in [-0.3, -0.25) is 4.79 Å². The van der Waals surface area contributed by atoms with Crippen LogP contribution in [-0.4, -0.2) is 25.5 Å². The van der Waals surface area contributed by atoms with Crippen molar-refractivity contribution in [2.45, 2.75) is 31.7 Å². The van der Waals surface area contributed by atoms with Gasteiger partial charge in [0.25, 0.3) is 0 Å². The molecule has 1 amide bonds. The van der Waals surface area contributed by atoms with Crippen molar-refractivity contribution in [3.05, 3.63) is 35.4 Å². The number of rotatable bonds is 4. The molecule has 1 fully saturated rings. The van der Waals surface area contributed by atoms with Crippen LogP contribution in [0.5, 0.6) is 0 Å². The average molecular weight is 258 g/mol. The van der Waals surface area contributed by atoms with Crippen LogP contribution in [0.1, 0.15) is 30.4 Å². The summed E-state index contributed by atoms with van der Waals surface area (Å²) in [6.07, 6.45) is 2.30. The first-order valence-corrected chi connectivity index (χ1v) is 7.25. The summed E-state index contributed by atoms with van der Waals surface area (Å²) in [6, 6.07) is 8.94. The van der Waals surface area contributed by atoms with E-state index in [-0.39, 0.29) is 11.8 Å². The van der Waals surface area contributed by atoms with Crippen molar-refractivity contribution < 1.29 is 4.79 Å². The number of fused-ring (bicyclic) bond motifs is 3. The molecular formula is C16H22N2O. The van der Waals surface area contributed by atoms with Crippen molar-refractivity contribution in [2.24, 2.45) is 11.8 Å². The van der Waals surface area contributed by atoms with E-state index in [4.69, 9.17) is 0 Å². The topological polar surface area (TPSA) is 41.1 Å². The van der Waals surface area contributed by atoms with E-state index in [1.807, 2.05) is 7.05 Å². The zero-order valence-electron chi connectivity index (χ0n) is 11.6. The SMILES string of the molecule is CNC(C)CNC(=O)C1C2CCc3ccccc3C21. The van der Waals surface area contributed by atoms with Crippen LogP contribution < -0.4 is 10.6 Å². The molecule has 3 heteroatoms. The number of likely N-dealkylation sites (N-methyl/N-ethyl adjacent to an activating group) is 1. The fourth-order valence-electron chi connectivity index (χ4n) is 3.40. The minimum atomic E-state index is 0.215. The third-order valence-corrected chi connectivity index (χ3v) is 4.71. The molecule has 1 saturated carbocycles. The first-order chi connectivity index (χ1) is 9.22. The molecule has 2 N–H and O–H groups in total. The number of aryl methyl sites for hydroxylation is 1. The van der Waals surface area contributed by atoms with Crippen LogP contribution in [0.4, 0.5) is 0 Å². The van der Waals surface area contributed by atoms with Crippen LogP contribution in [0.15, 0.2) is 24.3 Å². The minimum absolute atomic E-state index is 0.215. The quantitative estimate of drug-likeness (QED) is 0.863. The van der Waals surface area contributed by atoms with Crippen molar-refractivity contribution in [3.63, 3.8) is 0 Å². The zero-order chi connectivity index (χ0) is 13.4. The van der Waals surface area contributed by atoms with E-state index in [1.165, 1.54) is 17.5 Å². The van der Waals surface area contributed by atoms with E-state index in [9.17, 15) is 4.79 Å². The molecule has 4 unspecified atom stereocenters. The number of benzene rings is 1. The average Bonchev–Trinajstić information content (AvgIpc) is 3.19. The number of nitrogens with one attached hydrogen (secondary N) is 2. The molecule has 1 aromatic carbocycles. The first kappa shape index (κ1) is 12.7. The highest BCUT2D eigenvalue weighted by molar-refractivity contribution is 5.84. The Morgan fingerprint density at radius 3 is 3.00 bits per heavy atom. The summed E-state index contributed by atoms with van der Waals surface area (Å²) in [5.74, 6) is 1.52. The summed E-state index contributed by atoms with van der Waals surface area (Å²) in [5, 5.41) is 6.22. The van der Waals surface area contributed by atoms with Crippen LogP contribution in [0.3, 0.4) is 0 Å². The smallest absolute Gasteiger partial charge is 0.224 e. The lowest BCUT2D eigenvalue weighted by Crippen LogP contribution is -2.38. The van der Waals surface area contributed by atoms with E-state index >= 15 is 0 Å². The summed E-state index contributed by atoms with van der Waals surface area (Å²) in [4.78, 5) is 12.3. The second-order valence-electron chi connectivity index (χ2n) is 5.89. The van der Waals surface area contributed by atoms with Crippen molar-refractivity contribution in [2.75, 3.05) is 13.6 Å². The highest BCUT2D eigenvalue weighted by Crippen LogP contribution is 2.59. The van der Waals surface area contributed by atoms with E-state index in [0.29, 0.717) is 24.4 Å². The maximum Gasteiger partial charge on any atom is 0.224 e. The summed E-state index contributed by atoms with van der Waals surface area (Å²) in [5.41, 5.74) is 2.86. The van der Waals surface area contributed by atoms with E-state index in [2.05, 4.69) is 41.8 Å². The van der Waals surface area contributed by atoms with Gasteiger partial charge in [0.05, 0.1) is 0 Å². The molecule has 1 aromatic rings. The molecule has 0 saturated heterocycles. The Kier molecular flexibility index (Phi) is 3.31. The Hall–Kier alpha value is -1.35. The molecule has 0 aliphatic heterocycles. The second kappa shape index (κ2) is 4.97. The molecule has 2 aliphatic carbocycles. The van der Waals surface area contributed by atoms with Crippen molar-refractivity contribution in [3.8, 4) is 0 Å². The number of carbonyl (C=O) groups excluding carboxylic acids is 1. The standard InChI is InChI=1S/C16H22N2O/c1-10(17-2)9-18-16(19)15-13-8-7-11-5-3-4-6-12(11)14(13)15/h3-6,10,13-15,17H,7-9H2,1-2H3,(H,18,19). The Morgan fingerprint density at radius 2 is 2.21 bits per heavy atom. The molecule has 19 heavy (non-hydrogen) atoms. The molecular weight excluding hydrogens is 236 g/mol. The van der Waals surface area contributed by atoms with Gasteiger partial charge in [0, 0.05) is 18.5 Å². The predicted octanol–water partition coefficient (Wildman–Crippen LogP) is 1.69. The molecule has 2 aliphatic rings. The highest BCUT2D eigenvalue weighted by atomic mass is 16.2. The van der Waals surface area contributed by atoms with Crippen LogP contribution in [0.2, 0.25) is 0 Å². The number of hydrogen-bond acceptors (Lipinski definition) is 2. The third-order valence-electron chi connectivity index (χ3n) is 4.71. The molecule has 4 atom stereocenters. The lowest BCUT2D eigenvalue weighted by Gasteiger charge is -2.13. The van der Waals surface area contributed by atoms with E-state index < -0.39 is 0 Å². The fraction of sp³-hybridized carbons (Fsp3) is 0.562. The van der Waals surface area contributed by atoms with Gasteiger partial charge in [-0.05, 0) is 49.8 Å². The zero-order valence-corrected chi connectivity index (χ0v) is 11.6. The van der Waals surface area contributed by atoms with Crippen LogP contribution >= 0.6 is 0 Å². The Bertz CT molecular complexity index is 485. The van der Waals surface area contributed by atoms with Gasteiger partial charge in [0.15, 0.2) is 0 Å². The monoisotopic (exact) mass is 258 g/mol. The Morgan fingerprint density at radius 1 is 1.42 bits per heavy atom. The Balaban J connectivity index is 1.65. The molecule has 0 heterocycles. The normalized spacial score (nSPS) is 29.1. The molecule has 0 aromatic heterocycles. The summed E-state index contributed by atoms with van der Waals surface area (Å²) in [6.45, 7) is 2.79. The maximum absolute atomic E-state index is 12.3. The van der Waals surface area contributed by atoms with Gasteiger partial charge in [-0.1, -0.05) is 24.3 Å². The van der Waals surface area contributed by atoms with Gasteiger partial charge < -0.3 is 10.6 Å². The molecule has 3 nitrogen and oxygen atoms in total. The van der Waals surface area contributed by atoms with Crippen molar-refractivity contribution in [1.29, 1.82) is 0 Å². The lowest BCUT2D eigenvalue weighted by atomic mass is 9.92. The highest BCUT2D eigenvalue weighted by Gasteiger charge is 2.56. The van der Waals surface area contributed by atoms with Gasteiger partial charge in [-0.15, -0.1) is 0 Å². The number of hydrogen-bond donors (Lipinski definition) is 2. The number of amides is 1. The van der Waals surface area contributed by atoms with Gasteiger partial charge >= 0.3 is 0 Å². The summed E-state index contributed by atoms with van der Waals surface area (Å²) in [7, 11) is 1.92. The van der Waals surface area contributed by atoms with Gasteiger partial charge in [-0.2, -0.15) is 0 Å².